The molecule has 0 bridgehead atoms. The minimum absolute atomic E-state index is 0.0184. The van der Waals surface area contributed by atoms with Crippen molar-refractivity contribution in [3.8, 4) is 0 Å². The largest absolute Gasteiger partial charge is 0.352 e. The predicted octanol–water partition coefficient (Wildman–Crippen LogP) is 1.16. The van der Waals surface area contributed by atoms with Crippen LogP contribution in [-0.4, -0.2) is 40.3 Å². The first-order valence-corrected chi connectivity index (χ1v) is 7.61. The molecule has 1 fully saturated rings. The van der Waals surface area contributed by atoms with Crippen LogP contribution in [0.5, 0.6) is 0 Å². The summed E-state index contributed by atoms with van der Waals surface area (Å²) in [6.07, 6.45) is 6.04. The molecule has 0 spiro atoms. The first-order chi connectivity index (χ1) is 10.6. The van der Waals surface area contributed by atoms with E-state index in [0.29, 0.717) is 13.1 Å². The number of hydrogen-bond donors (Lipinski definition) is 1. The van der Waals surface area contributed by atoms with E-state index < -0.39 is 0 Å². The number of nitrogens with one attached hydrogen (secondary N) is 1. The van der Waals surface area contributed by atoms with Gasteiger partial charge in [-0.05, 0) is 24.6 Å². The third kappa shape index (κ3) is 3.57. The van der Waals surface area contributed by atoms with Gasteiger partial charge in [-0.3, -0.25) is 9.78 Å². The second-order valence-electron chi connectivity index (χ2n) is 5.78. The fourth-order valence-corrected chi connectivity index (χ4v) is 2.90. The number of hydrogen-bond acceptors (Lipinski definition) is 4. The quantitative estimate of drug-likeness (QED) is 0.632. The van der Waals surface area contributed by atoms with Crippen LogP contribution < -0.4 is 5.32 Å². The molecule has 1 aromatic heterocycles. The van der Waals surface area contributed by atoms with Gasteiger partial charge in [0, 0.05) is 38.2 Å². The molecular formula is C16H22N3O3+. The number of carbonyl (C=O) groups is 3. The van der Waals surface area contributed by atoms with Crippen LogP contribution in [-0.2, 0) is 20.9 Å². The summed E-state index contributed by atoms with van der Waals surface area (Å²) in [5.74, 6) is -0.333. The average Bonchev–Trinajstić information content (AvgIpc) is 2.93. The second-order valence-corrected chi connectivity index (χ2v) is 5.78. The van der Waals surface area contributed by atoms with Gasteiger partial charge in [0.05, 0.1) is 13.0 Å². The van der Waals surface area contributed by atoms with E-state index in [1.807, 2.05) is 19.1 Å². The summed E-state index contributed by atoms with van der Waals surface area (Å²) in [6, 6.07) is 3.67. The van der Waals surface area contributed by atoms with Gasteiger partial charge < -0.3 is 5.32 Å². The molecule has 0 radical (unpaired) electrons. The average molecular weight is 304 g/mol. The summed E-state index contributed by atoms with van der Waals surface area (Å²) >= 11 is 0. The molecule has 1 aliphatic rings. The summed E-state index contributed by atoms with van der Waals surface area (Å²) in [7, 11) is 0. The van der Waals surface area contributed by atoms with Crippen molar-refractivity contribution in [2.24, 2.45) is 0 Å². The number of quaternary nitrogens is 1. The van der Waals surface area contributed by atoms with Crippen molar-refractivity contribution in [1.29, 1.82) is 0 Å². The normalized spacial score (nSPS) is 24.0. The summed E-state index contributed by atoms with van der Waals surface area (Å²) in [4.78, 5) is 39.5. The van der Waals surface area contributed by atoms with E-state index in [0.717, 1.165) is 24.8 Å². The van der Waals surface area contributed by atoms with Crippen molar-refractivity contribution in [1.82, 2.24) is 10.3 Å². The van der Waals surface area contributed by atoms with E-state index in [-0.39, 0.29) is 35.2 Å². The molecule has 2 heterocycles. The number of aromatic nitrogens is 1. The summed E-state index contributed by atoms with van der Waals surface area (Å²) in [6.45, 7) is 2.89. The topological polar surface area (TPSA) is 76.1 Å². The number of likely N-dealkylation sites (tertiary alicyclic amines) is 1. The monoisotopic (exact) mass is 304 g/mol. The highest BCUT2D eigenvalue weighted by Crippen LogP contribution is 2.26. The third-order valence-corrected chi connectivity index (χ3v) is 4.39. The molecule has 1 aromatic rings. The Hall–Kier alpha value is -2.08. The Morgan fingerprint density at radius 3 is 2.68 bits per heavy atom. The maximum atomic E-state index is 12.3. The van der Waals surface area contributed by atoms with Crippen LogP contribution in [0.15, 0.2) is 24.5 Å². The summed E-state index contributed by atoms with van der Waals surface area (Å²) in [5, 5.41) is 2.77. The standard InChI is InChI=1S/C16H21N3O3/c1-13-3-2-10-19(13,12-20)16(22)5-4-15(21)18-11-14-6-8-17-9-7-14/h6-9,12-13H,2-5,10-11H2,1H3/p+1/t13-,19?/m1/s1. The number of imide groups is 1. The molecule has 2 atom stereocenters. The van der Waals surface area contributed by atoms with Gasteiger partial charge in [-0.15, -0.1) is 0 Å². The van der Waals surface area contributed by atoms with Gasteiger partial charge in [0.25, 0.3) is 0 Å². The predicted molar refractivity (Wildman–Crippen MR) is 80.2 cm³/mol. The molecule has 1 N–H and O–H groups in total. The van der Waals surface area contributed by atoms with Crippen LogP contribution in [0, 0.1) is 0 Å². The lowest BCUT2D eigenvalue weighted by Crippen LogP contribution is -2.54. The SMILES string of the molecule is C[C@@H]1CCC[N+]1(C=O)C(=O)CCC(=O)NCc1ccncc1. The van der Waals surface area contributed by atoms with E-state index in [2.05, 4.69) is 10.3 Å². The molecule has 0 saturated carbocycles. The van der Waals surface area contributed by atoms with Gasteiger partial charge >= 0.3 is 12.3 Å². The van der Waals surface area contributed by atoms with Gasteiger partial charge in [-0.1, -0.05) is 0 Å². The van der Waals surface area contributed by atoms with E-state index in [4.69, 9.17) is 0 Å². The molecule has 0 aliphatic carbocycles. The van der Waals surface area contributed by atoms with E-state index in [1.54, 1.807) is 12.4 Å². The van der Waals surface area contributed by atoms with Crippen LogP contribution in [0.25, 0.3) is 0 Å². The molecule has 3 amide bonds. The smallest absolute Gasteiger partial charge is 0.321 e. The maximum absolute atomic E-state index is 12.3. The Morgan fingerprint density at radius 2 is 2.09 bits per heavy atom. The number of nitrogens with zero attached hydrogens (tertiary/aromatic N) is 2. The van der Waals surface area contributed by atoms with Crippen molar-refractivity contribution in [3.05, 3.63) is 30.1 Å². The fraction of sp³-hybridized carbons (Fsp3) is 0.500. The van der Waals surface area contributed by atoms with Gasteiger partial charge in [0.2, 0.25) is 5.91 Å². The summed E-state index contributed by atoms with van der Waals surface area (Å²) in [5.41, 5.74) is 0.958. The van der Waals surface area contributed by atoms with Crippen LogP contribution in [0.3, 0.4) is 0 Å². The lowest BCUT2D eigenvalue weighted by molar-refractivity contribution is -0.780. The lowest BCUT2D eigenvalue weighted by atomic mass is 10.2. The second kappa shape index (κ2) is 7.26. The van der Waals surface area contributed by atoms with Crippen molar-refractivity contribution < 1.29 is 18.9 Å². The molecule has 6 nitrogen and oxygen atoms in total. The molecule has 1 unspecified atom stereocenters. The Labute approximate surface area is 130 Å². The number of rotatable bonds is 6. The minimum atomic E-state index is -0.180. The zero-order valence-electron chi connectivity index (χ0n) is 12.8. The van der Waals surface area contributed by atoms with Crippen molar-refractivity contribution >= 4 is 18.2 Å². The molecule has 118 valence electrons. The zero-order chi connectivity index (χ0) is 16.0. The van der Waals surface area contributed by atoms with Gasteiger partial charge in [0.1, 0.15) is 6.04 Å². The fourth-order valence-electron chi connectivity index (χ4n) is 2.90. The van der Waals surface area contributed by atoms with Crippen LogP contribution >= 0.6 is 0 Å². The molecule has 6 heteroatoms. The Balaban J connectivity index is 1.80. The molecule has 0 aromatic carbocycles. The third-order valence-electron chi connectivity index (χ3n) is 4.39. The highest BCUT2D eigenvalue weighted by Gasteiger charge is 2.45. The molecule has 1 saturated heterocycles. The Morgan fingerprint density at radius 1 is 1.36 bits per heavy atom. The molecular weight excluding hydrogens is 282 g/mol. The van der Waals surface area contributed by atoms with E-state index in [9.17, 15) is 14.4 Å². The van der Waals surface area contributed by atoms with Crippen molar-refractivity contribution in [3.63, 3.8) is 0 Å². The Kier molecular flexibility index (Phi) is 5.38. The van der Waals surface area contributed by atoms with Gasteiger partial charge in [-0.25, -0.2) is 9.59 Å². The number of amides is 3. The van der Waals surface area contributed by atoms with Gasteiger partial charge in [-0.2, -0.15) is 4.48 Å². The number of pyridine rings is 1. The highest BCUT2D eigenvalue weighted by molar-refractivity contribution is 5.83. The van der Waals surface area contributed by atoms with E-state index >= 15 is 0 Å². The lowest BCUT2D eigenvalue weighted by Gasteiger charge is -2.28. The van der Waals surface area contributed by atoms with Crippen molar-refractivity contribution in [2.45, 2.75) is 45.2 Å². The zero-order valence-corrected chi connectivity index (χ0v) is 12.8. The van der Waals surface area contributed by atoms with Crippen molar-refractivity contribution in [2.75, 3.05) is 6.54 Å². The highest BCUT2D eigenvalue weighted by atomic mass is 16.2. The Bertz CT molecular complexity index is 547. The summed E-state index contributed by atoms with van der Waals surface area (Å²) < 4.78 is -0.127. The van der Waals surface area contributed by atoms with Crippen LogP contribution in [0.2, 0.25) is 0 Å². The van der Waals surface area contributed by atoms with Crippen LogP contribution in [0.4, 0.5) is 0 Å². The first kappa shape index (κ1) is 16.3. The number of carbonyl (C=O) groups excluding carboxylic acids is 3. The first-order valence-electron chi connectivity index (χ1n) is 7.61. The minimum Gasteiger partial charge on any atom is -0.352 e. The van der Waals surface area contributed by atoms with E-state index in [1.165, 1.54) is 0 Å². The molecule has 22 heavy (non-hydrogen) atoms. The molecule has 1 aliphatic heterocycles. The van der Waals surface area contributed by atoms with Crippen LogP contribution in [0.1, 0.15) is 38.2 Å². The maximum Gasteiger partial charge on any atom is 0.321 e. The van der Waals surface area contributed by atoms with Gasteiger partial charge in [0.15, 0.2) is 0 Å². The molecule has 2 rings (SSSR count).